The number of ether oxygens (including phenoxy) is 2. The number of hydrogen-bond donors (Lipinski definition) is 0. The zero-order valence-electron chi connectivity index (χ0n) is 24.4. The molecule has 40 heavy (non-hydrogen) atoms. The van der Waals surface area contributed by atoms with Gasteiger partial charge in [0.25, 0.3) is 5.91 Å². The zero-order valence-corrected chi connectivity index (χ0v) is 25.2. The topological polar surface area (TPSA) is 68.2 Å². The van der Waals surface area contributed by atoms with E-state index in [1.807, 2.05) is 19.1 Å². The number of anilines is 1. The van der Waals surface area contributed by atoms with Gasteiger partial charge in [-0.1, -0.05) is 60.9 Å². The van der Waals surface area contributed by atoms with E-state index in [4.69, 9.17) is 9.47 Å². The summed E-state index contributed by atoms with van der Waals surface area (Å²) in [6.07, 6.45) is 12.3. The molecule has 2 aromatic rings. The van der Waals surface area contributed by atoms with Gasteiger partial charge in [-0.15, -0.1) is 0 Å². The Bertz CT molecular complexity index is 1340. The minimum atomic E-state index is -1.58. The van der Waals surface area contributed by atoms with Crippen molar-refractivity contribution in [3.63, 3.8) is 0 Å². The van der Waals surface area contributed by atoms with Crippen molar-refractivity contribution in [3.05, 3.63) is 70.8 Å². The Kier molecular flexibility index (Phi) is 9.01. The predicted molar refractivity (Wildman–Crippen MR) is 162 cm³/mol. The lowest BCUT2D eigenvalue weighted by atomic mass is 9.70. The van der Waals surface area contributed by atoms with Crippen LogP contribution in [0.25, 0.3) is 0 Å². The van der Waals surface area contributed by atoms with E-state index in [2.05, 4.69) is 53.6 Å². The second-order valence-electron chi connectivity index (χ2n) is 12.2. The molecule has 216 valence electrons. The number of methoxy groups -OCH3 is 1. The SMILES string of the molecule is CO[C@@H](/C=C/C[C@H](C)C[S-](=O)=NC(=O)c1ccc2c(c1)N(C)C[C@@]1(CCCc3cc(C)ccc31)CO2)C1CCC1. The number of rotatable bonds is 8. The highest BCUT2D eigenvalue weighted by molar-refractivity contribution is 7.75. The maximum absolute atomic E-state index is 13.0. The van der Waals surface area contributed by atoms with Gasteiger partial charge in [-0.3, -0.25) is 4.79 Å². The Hall–Kier alpha value is -2.64. The van der Waals surface area contributed by atoms with Crippen molar-refractivity contribution in [2.45, 2.75) is 70.3 Å². The Morgan fingerprint density at radius 3 is 2.83 bits per heavy atom. The number of carbonyl (C=O) groups is 1. The van der Waals surface area contributed by atoms with Gasteiger partial charge in [-0.25, -0.2) is 0 Å². The zero-order chi connectivity index (χ0) is 28.3. The van der Waals surface area contributed by atoms with E-state index in [0.717, 1.165) is 43.7 Å². The van der Waals surface area contributed by atoms with Crippen LogP contribution in [0.5, 0.6) is 5.75 Å². The van der Waals surface area contributed by atoms with Gasteiger partial charge >= 0.3 is 0 Å². The Labute approximate surface area is 241 Å². The summed E-state index contributed by atoms with van der Waals surface area (Å²) in [7, 11) is 2.25. The molecule has 3 aliphatic rings. The van der Waals surface area contributed by atoms with Crippen LogP contribution in [-0.4, -0.2) is 45.1 Å². The summed E-state index contributed by atoms with van der Waals surface area (Å²) < 4.78 is 28.8. The van der Waals surface area contributed by atoms with Gasteiger partial charge in [0.15, 0.2) is 0 Å². The van der Waals surface area contributed by atoms with Crippen LogP contribution in [0.3, 0.4) is 0 Å². The predicted octanol–water partition coefficient (Wildman–Crippen LogP) is 6.78. The van der Waals surface area contributed by atoms with Crippen molar-refractivity contribution in [2.24, 2.45) is 16.2 Å². The lowest BCUT2D eigenvalue weighted by molar-refractivity contribution is 0.0534. The third-order valence-corrected chi connectivity index (χ3v) is 10.2. The van der Waals surface area contributed by atoms with Crippen LogP contribution in [0.2, 0.25) is 0 Å². The van der Waals surface area contributed by atoms with E-state index in [1.165, 1.54) is 36.0 Å². The van der Waals surface area contributed by atoms with Crippen LogP contribution in [0.15, 0.2) is 52.9 Å². The number of amides is 1. The minimum absolute atomic E-state index is 0.0865. The molecule has 1 saturated carbocycles. The molecule has 5 rings (SSSR count). The number of nitrogens with zero attached hydrogens (tertiary/aromatic N) is 2. The summed E-state index contributed by atoms with van der Waals surface area (Å²) in [5.74, 6) is 1.45. The highest BCUT2D eigenvalue weighted by atomic mass is 32.2. The van der Waals surface area contributed by atoms with E-state index in [-0.39, 0.29) is 17.4 Å². The molecule has 3 atom stereocenters. The normalized spacial score (nSPS) is 23.1. The van der Waals surface area contributed by atoms with Crippen LogP contribution in [0.4, 0.5) is 5.69 Å². The molecule has 1 amide bonds. The average molecular weight is 564 g/mol. The molecule has 2 aliphatic carbocycles. The van der Waals surface area contributed by atoms with Crippen molar-refractivity contribution < 1.29 is 18.5 Å². The second kappa shape index (κ2) is 12.5. The maximum Gasteiger partial charge on any atom is 0.254 e. The molecule has 7 heteroatoms. The lowest BCUT2D eigenvalue weighted by Crippen LogP contribution is -2.44. The number of carbonyl (C=O) groups excluding carboxylic acids is 1. The fourth-order valence-electron chi connectivity index (χ4n) is 6.52. The summed E-state index contributed by atoms with van der Waals surface area (Å²) >= 11 is 0. The molecule has 1 fully saturated rings. The van der Waals surface area contributed by atoms with Gasteiger partial charge in [-0.2, -0.15) is 10.6 Å². The summed E-state index contributed by atoms with van der Waals surface area (Å²) in [4.78, 5) is 15.2. The van der Waals surface area contributed by atoms with E-state index < -0.39 is 16.5 Å². The Balaban J connectivity index is 1.24. The average Bonchev–Trinajstić information content (AvgIpc) is 3.03. The summed E-state index contributed by atoms with van der Waals surface area (Å²) in [5, 5.41) is 0. The van der Waals surface area contributed by atoms with E-state index in [0.29, 0.717) is 23.8 Å². The number of likely N-dealkylation sites (N-methyl/N-ethyl adjacent to an activating group) is 1. The van der Waals surface area contributed by atoms with Crippen molar-refractivity contribution in [1.29, 1.82) is 0 Å². The molecule has 2 aromatic carbocycles. The number of aryl methyl sites for hydroxylation is 2. The molecule has 1 heterocycles. The van der Waals surface area contributed by atoms with Crippen molar-refractivity contribution in [3.8, 4) is 5.75 Å². The van der Waals surface area contributed by atoms with Gasteiger partial charge in [0.05, 0.1) is 18.4 Å². The highest BCUT2D eigenvalue weighted by Gasteiger charge is 2.40. The molecule has 6 nitrogen and oxygen atoms in total. The van der Waals surface area contributed by atoms with Crippen molar-refractivity contribution in [2.75, 3.05) is 38.0 Å². The molecule has 0 N–H and O–H groups in total. The molecule has 0 unspecified atom stereocenters. The first kappa shape index (κ1) is 28.9. The molecule has 1 aliphatic heterocycles. The highest BCUT2D eigenvalue weighted by Crippen LogP contribution is 2.43. The van der Waals surface area contributed by atoms with E-state index in [1.54, 1.807) is 13.2 Å². The summed E-state index contributed by atoms with van der Waals surface area (Å²) in [6.45, 7) is 5.62. The van der Waals surface area contributed by atoms with Gasteiger partial charge in [-0.05, 0) is 80.7 Å². The van der Waals surface area contributed by atoms with Crippen LogP contribution < -0.4 is 9.64 Å². The van der Waals surface area contributed by atoms with Crippen LogP contribution in [-0.2, 0) is 31.4 Å². The van der Waals surface area contributed by atoms with Crippen LogP contribution >= 0.6 is 0 Å². The van der Waals surface area contributed by atoms with Gasteiger partial charge in [0, 0.05) is 31.7 Å². The third-order valence-electron chi connectivity index (χ3n) is 8.96. The second-order valence-corrected chi connectivity index (χ2v) is 13.3. The first-order valence-corrected chi connectivity index (χ1v) is 16.0. The number of hydrogen-bond acceptors (Lipinski definition) is 6. The number of benzene rings is 2. The van der Waals surface area contributed by atoms with E-state index >= 15 is 0 Å². The van der Waals surface area contributed by atoms with Gasteiger partial charge < -0.3 is 22.9 Å². The van der Waals surface area contributed by atoms with E-state index in [9.17, 15) is 9.00 Å². The fraction of sp³-hybridized carbons (Fsp3) is 0.545. The molecular formula is C33H43N2O4S-. The summed E-state index contributed by atoms with van der Waals surface area (Å²) in [5.41, 5.74) is 5.33. The largest absolute Gasteiger partial charge is 0.490 e. The number of allylic oxidation sites excluding steroid dienone is 1. The van der Waals surface area contributed by atoms with Crippen LogP contribution in [0, 0.1) is 18.8 Å². The monoisotopic (exact) mass is 563 g/mol. The quantitative estimate of drug-likeness (QED) is 0.262. The molecule has 0 bridgehead atoms. The molecule has 0 radical (unpaired) electrons. The minimum Gasteiger partial charge on any atom is -0.490 e. The smallest absolute Gasteiger partial charge is 0.254 e. The first-order valence-electron chi connectivity index (χ1n) is 14.7. The lowest BCUT2D eigenvalue weighted by Gasteiger charge is -2.40. The summed E-state index contributed by atoms with van der Waals surface area (Å²) in [6, 6.07) is 12.2. The third kappa shape index (κ3) is 6.31. The number of fused-ring (bicyclic) bond motifs is 3. The molecule has 1 spiro atoms. The first-order chi connectivity index (χ1) is 19.3. The Morgan fingerprint density at radius 1 is 1.25 bits per heavy atom. The molecule has 0 aromatic heterocycles. The van der Waals surface area contributed by atoms with Crippen LogP contribution in [0.1, 0.15) is 72.5 Å². The standard InChI is InChI=1S/C33H43N2O4S/c1-23-13-15-28-26(18-23)11-7-17-33(28)21-35(3)29-19-27(14-16-31(29)39-22-33)32(36)34-40(37)20-24(2)8-5-12-30(38-4)25-9-6-10-25/h5,12-16,18-19,24-25,30H,6-11,17,20-22H2,1-4H3/q-1/b12-5+/t24-,30-,33-/m0/s1. The molecular weight excluding hydrogens is 520 g/mol. The van der Waals surface area contributed by atoms with Gasteiger partial charge in [0.1, 0.15) is 5.75 Å². The maximum atomic E-state index is 13.0. The van der Waals surface area contributed by atoms with Gasteiger partial charge in [0.2, 0.25) is 0 Å². The molecule has 0 saturated heterocycles. The van der Waals surface area contributed by atoms with Crippen molar-refractivity contribution >= 4 is 22.2 Å². The van der Waals surface area contributed by atoms with Crippen molar-refractivity contribution in [1.82, 2.24) is 0 Å². The fourth-order valence-corrected chi connectivity index (χ4v) is 7.51. The Morgan fingerprint density at radius 2 is 2.08 bits per heavy atom.